The first-order chi connectivity index (χ1) is 11.6. The van der Waals surface area contributed by atoms with Gasteiger partial charge in [0.1, 0.15) is 0 Å². The van der Waals surface area contributed by atoms with Gasteiger partial charge in [0.2, 0.25) is 0 Å². The van der Waals surface area contributed by atoms with Crippen LogP contribution in [0.4, 0.5) is 0 Å². The quantitative estimate of drug-likeness (QED) is 0.527. The van der Waals surface area contributed by atoms with E-state index < -0.39 is 5.97 Å². The van der Waals surface area contributed by atoms with Gasteiger partial charge in [-0.25, -0.2) is 4.79 Å². The number of unbranched alkanes of at least 4 members (excludes halogenated alkanes) is 7. The molecule has 0 radical (unpaired) electrons. The molecule has 0 aliphatic rings. The van der Waals surface area contributed by atoms with Crippen LogP contribution in [0.15, 0.2) is 24.3 Å². The van der Waals surface area contributed by atoms with Crippen LogP contribution in [0.3, 0.4) is 0 Å². The summed E-state index contributed by atoms with van der Waals surface area (Å²) in [5, 5.41) is 12.1. The minimum atomic E-state index is -1.07. The second-order valence-corrected chi connectivity index (χ2v) is 6.49. The Kier molecular flexibility index (Phi) is 9.81. The normalized spacial score (nSPS) is 11.9. The van der Waals surface area contributed by atoms with Gasteiger partial charge in [0.25, 0.3) is 5.91 Å². The molecular weight excluding hydrogens is 302 g/mol. The second kappa shape index (κ2) is 11.7. The molecule has 1 rings (SSSR count). The topological polar surface area (TPSA) is 66.4 Å². The van der Waals surface area contributed by atoms with Gasteiger partial charge in [-0.05, 0) is 25.5 Å². The van der Waals surface area contributed by atoms with Crippen molar-refractivity contribution in [2.75, 3.05) is 0 Å². The average molecular weight is 333 g/mol. The third-order valence-electron chi connectivity index (χ3n) is 4.27. The molecule has 0 saturated carbocycles. The van der Waals surface area contributed by atoms with Gasteiger partial charge in [0.05, 0.1) is 11.1 Å². The minimum Gasteiger partial charge on any atom is -0.478 e. The molecule has 1 atom stereocenters. The van der Waals surface area contributed by atoms with Crippen molar-refractivity contribution < 1.29 is 14.7 Å². The highest BCUT2D eigenvalue weighted by molar-refractivity contribution is 6.04. The van der Waals surface area contributed by atoms with Gasteiger partial charge in [-0.2, -0.15) is 0 Å². The number of aromatic carboxylic acids is 1. The van der Waals surface area contributed by atoms with Crippen molar-refractivity contribution in [3.8, 4) is 0 Å². The number of hydrogen-bond acceptors (Lipinski definition) is 2. The van der Waals surface area contributed by atoms with Crippen molar-refractivity contribution in [3.63, 3.8) is 0 Å². The Balaban J connectivity index is 2.27. The molecule has 4 heteroatoms. The first kappa shape index (κ1) is 20.2. The Morgan fingerprint density at radius 3 is 2.08 bits per heavy atom. The summed E-state index contributed by atoms with van der Waals surface area (Å²) in [7, 11) is 0. The summed E-state index contributed by atoms with van der Waals surface area (Å²) >= 11 is 0. The zero-order chi connectivity index (χ0) is 17.8. The van der Waals surface area contributed by atoms with E-state index in [1.807, 2.05) is 6.92 Å². The molecule has 0 saturated heterocycles. The lowest BCUT2D eigenvalue weighted by molar-refractivity contribution is 0.0690. The number of benzene rings is 1. The first-order valence-electron chi connectivity index (χ1n) is 9.19. The Morgan fingerprint density at radius 2 is 1.50 bits per heavy atom. The summed E-state index contributed by atoms with van der Waals surface area (Å²) < 4.78 is 0. The van der Waals surface area contributed by atoms with E-state index in [9.17, 15) is 9.59 Å². The van der Waals surface area contributed by atoms with Gasteiger partial charge < -0.3 is 10.4 Å². The van der Waals surface area contributed by atoms with Crippen molar-refractivity contribution in [2.24, 2.45) is 0 Å². The monoisotopic (exact) mass is 333 g/mol. The number of carbonyl (C=O) groups is 2. The number of nitrogens with one attached hydrogen (secondary N) is 1. The summed E-state index contributed by atoms with van der Waals surface area (Å²) in [5.41, 5.74) is 0.280. The highest BCUT2D eigenvalue weighted by atomic mass is 16.4. The van der Waals surface area contributed by atoms with Crippen LogP contribution < -0.4 is 5.32 Å². The molecule has 0 aliphatic carbocycles. The molecule has 0 aromatic heterocycles. The molecular formula is C20H31NO3. The third-order valence-corrected chi connectivity index (χ3v) is 4.27. The van der Waals surface area contributed by atoms with Crippen LogP contribution >= 0.6 is 0 Å². The zero-order valence-electron chi connectivity index (χ0n) is 15.0. The van der Waals surface area contributed by atoms with E-state index in [0.29, 0.717) is 0 Å². The molecule has 1 amide bonds. The molecule has 1 unspecified atom stereocenters. The van der Waals surface area contributed by atoms with Crippen LogP contribution in [-0.2, 0) is 0 Å². The molecule has 0 spiro atoms. The maximum absolute atomic E-state index is 12.2. The number of amides is 1. The second-order valence-electron chi connectivity index (χ2n) is 6.49. The molecule has 0 heterocycles. The van der Waals surface area contributed by atoms with Crippen LogP contribution in [0.5, 0.6) is 0 Å². The van der Waals surface area contributed by atoms with Crippen molar-refractivity contribution in [1.29, 1.82) is 0 Å². The molecule has 24 heavy (non-hydrogen) atoms. The number of rotatable bonds is 12. The Labute approximate surface area is 145 Å². The van der Waals surface area contributed by atoms with Crippen molar-refractivity contribution in [2.45, 2.75) is 77.7 Å². The average Bonchev–Trinajstić information content (AvgIpc) is 2.57. The Hall–Kier alpha value is -1.84. The van der Waals surface area contributed by atoms with Gasteiger partial charge in [-0.1, -0.05) is 70.4 Å². The number of carboxylic acid groups (broad SMARTS) is 1. The SMILES string of the molecule is CCCCCCCCCCC(C)NC(=O)c1ccccc1C(=O)O. The zero-order valence-corrected chi connectivity index (χ0v) is 15.0. The largest absolute Gasteiger partial charge is 0.478 e. The van der Waals surface area contributed by atoms with Crippen LogP contribution in [0.25, 0.3) is 0 Å². The third kappa shape index (κ3) is 7.62. The van der Waals surface area contributed by atoms with Gasteiger partial charge in [-0.15, -0.1) is 0 Å². The van der Waals surface area contributed by atoms with Crippen molar-refractivity contribution >= 4 is 11.9 Å². The fourth-order valence-electron chi connectivity index (χ4n) is 2.83. The summed E-state index contributed by atoms with van der Waals surface area (Å²) in [6.07, 6.45) is 11.0. The molecule has 1 aromatic carbocycles. The van der Waals surface area contributed by atoms with Gasteiger partial charge in [0.15, 0.2) is 0 Å². The summed E-state index contributed by atoms with van der Waals surface area (Å²) in [5.74, 6) is -1.38. The lowest BCUT2D eigenvalue weighted by Gasteiger charge is -2.14. The first-order valence-corrected chi connectivity index (χ1v) is 9.19. The van der Waals surface area contributed by atoms with Crippen molar-refractivity contribution in [1.82, 2.24) is 5.32 Å². The van der Waals surface area contributed by atoms with E-state index in [2.05, 4.69) is 12.2 Å². The van der Waals surface area contributed by atoms with Crippen LogP contribution in [0.1, 0.15) is 92.4 Å². The van der Waals surface area contributed by atoms with Gasteiger partial charge in [0, 0.05) is 6.04 Å². The lowest BCUT2D eigenvalue weighted by Crippen LogP contribution is -2.33. The van der Waals surface area contributed by atoms with Crippen LogP contribution in [0.2, 0.25) is 0 Å². The summed E-state index contributed by atoms with van der Waals surface area (Å²) in [6, 6.07) is 6.39. The molecule has 0 bridgehead atoms. The summed E-state index contributed by atoms with van der Waals surface area (Å²) in [6.45, 7) is 4.20. The highest BCUT2D eigenvalue weighted by Gasteiger charge is 2.16. The Morgan fingerprint density at radius 1 is 0.958 bits per heavy atom. The van der Waals surface area contributed by atoms with Crippen LogP contribution in [0, 0.1) is 0 Å². The predicted molar refractivity (Wildman–Crippen MR) is 97.6 cm³/mol. The van der Waals surface area contributed by atoms with E-state index >= 15 is 0 Å². The molecule has 1 aromatic rings. The maximum atomic E-state index is 12.2. The van der Waals surface area contributed by atoms with Gasteiger partial charge in [-0.3, -0.25) is 4.79 Å². The molecule has 0 aliphatic heterocycles. The van der Waals surface area contributed by atoms with Crippen molar-refractivity contribution in [3.05, 3.63) is 35.4 Å². The van der Waals surface area contributed by atoms with E-state index in [1.54, 1.807) is 18.2 Å². The number of carbonyl (C=O) groups excluding carboxylic acids is 1. The van der Waals surface area contributed by atoms with E-state index in [-0.39, 0.29) is 23.1 Å². The maximum Gasteiger partial charge on any atom is 0.336 e. The summed E-state index contributed by atoms with van der Waals surface area (Å²) in [4.78, 5) is 23.4. The Bertz CT molecular complexity index is 513. The van der Waals surface area contributed by atoms with E-state index in [0.717, 1.165) is 12.8 Å². The standard InChI is InChI=1S/C20H31NO3/c1-3-4-5-6-7-8-9-10-13-16(2)21-19(22)17-14-11-12-15-18(17)20(23)24/h11-12,14-16H,3-10,13H2,1-2H3,(H,21,22)(H,23,24). The number of carboxylic acids is 1. The smallest absolute Gasteiger partial charge is 0.336 e. The van der Waals surface area contributed by atoms with Gasteiger partial charge >= 0.3 is 5.97 Å². The fraction of sp³-hybridized carbons (Fsp3) is 0.600. The van der Waals surface area contributed by atoms with E-state index in [4.69, 9.17) is 5.11 Å². The molecule has 2 N–H and O–H groups in total. The number of hydrogen-bond donors (Lipinski definition) is 2. The lowest BCUT2D eigenvalue weighted by atomic mass is 10.0. The van der Waals surface area contributed by atoms with Crippen LogP contribution in [-0.4, -0.2) is 23.0 Å². The highest BCUT2D eigenvalue weighted by Crippen LogP contribution is 2.12. The predicted octanol–water partition coefficient (Wildman–Crippen LogP) is 5.03. The molecule has 0 fully saturated rings. The fourth-order valence-corrected chi connectivity index (χ4v) is 2.83. The minimum absolute atomic E-state index is 0.0503. The molecule has 4 nitrogen and oxygen atoms in total. The van der Waals surface area contributed by atoms with E-state index in [1.165, 1.54) is 51.0 Å². The molecule has 134 valence electrons.